The number of H-pyrrole nitrogens is 2. The van der Waals surface area contributed by atoms with Crippen molar-refractivity contribution in [3.63, 3.8) is 0 Å². The van der Waals surface area contributed by atoms with Crippen LogP contribution in [-0.4, -0.2) is 36.6 Å². The highest BCUT2D eigenvalue weighted by Gasteiger charge is 2.30. The summed E-state index contributed by atoms with van der Waals surface area (Å²) in [6.07, 6.45) is 1.20. The van der Waals surface area contributed by atoms with Crippen LogP contribution in [0.1, 0.15) is 22.4 Å². The topological polar surface area (TPSA) is 90.6 Å². The monoisotopic (exact) mass is 452 g/mol. The number of fused-ring (bicyclic) bond motifs is 1. The Morgan fingerprint density at radius 2 is 1.79 bits per heavy atom. The predicted octanol–water partition coefficient (Wildman–Crippen LogP) is 3.80. The van der Waals surface area contributed by atoms with E-state index in [0.717, 1.165) is 29.0 Å². The summed E-state index contributed by atoms with van der Waals surface area (Å²) in [7, 11) is 0. The van der Waals surface area contributed by atoms with Crippen LogP contribution in [0.5, 0.6) is 0 Å². The zero-order chi connectivity index (χ0) is 23.0. The number of pyridine rings is 1. The number of nitrogens with zero attached hydrogens (tertiary/aromatic N) is 4. The van der Waals surface area contributed by atoms with E-state index in [9.17, 15) is 18.0 Å². The Bertz CT molecular complexity index is 1330. The highest BCUT2D eigenvalue weighted by Crippen LogP contribution is 2.31. The number of nitrogens with one attached hydrogen (secondary N) is 2. The fourth-order valence-corrected chi connectivity index (χ4v) is 4.01. The number of benzene rings is 1. The zero-order valence-electron chi connectivity index (χ0n) is 17.4. The summed E-state index contributed by atoms with van der Waals surface area (Å²) in [6, 6.07) is 8.57. The van der Waals surface area contributed by atoms with Crippen LogP contribution in [0.4, 0.5) is 13.2 Å². The lowest BCUT2D eigenvalue weighted by molar-refractivity contribution is -0.137. The van der Waals surface area contributed by atoms with Gasteiger partial charge in [0, 0.05) is 49.6 Å². The molecule has 1 aliphatic heterocycles. The minimum atomic E-state index is -4.38. The Kier molecular flexibility index (Phi) is 5.29. The molecule has 4 heterocycles. The van der Waals surface area contributed by atoms with E-state index in [4.69, 9.17) is 0 Å². The van der Waals surface area contributed by atoms with Gasteiger partial charge in [-0.15, -0.1) is 0 Å². The van der Waals surface area contributed by atoms with E-state index >= 15 is 0 Å². The second-order valence-electron chi connectivity index (χ2n) is 7.88. The number of hydrogen-bond acceptors (Lipinski definition) is 5. The van der Waals surface area contributed by atoms with Gasteiger partial charge in [0.2, 0.25) is 0 Å². The molecule has 0 saturated carbocycles. The van der Waals surface area contributed by atoms with Crippen LogP contribution in [0.25, 0.3) is 22.6 Å². The molecule has 0 bridgehead atoms. The van der Waals surface area contributed by atoms with Gasteiger partial charge >= 0.3 is 6.18 Å². The second kappa shape index (κ2) is 8.28. The van der Waals surface area contributed by atoms with Crippen molar-refractivity contribution in [2.45, 2.75) is 25.7 Å². The van der Waals surface area contributed by atoms with E-state index in [1.807, 2.05) is 0 Å². The zero-order valence-corrected chi connectivity index (χ0v) is 17.4. The fraction of sp³-hybridized carbons (Fsp3) is 0.217. The van der Waals surface area contributed by atoms with Gasteiger partial charge in [-0.2, -0.15) is 18.3 Å². The summed E-state index contributed by atoms with van der Waals surface area (Å²) in [5, 5.41) is 6.97. The minimum absolute atomic E-state index is 0.174. The number of aromatic amines is 2. The molecule has 0 unspecified atom stereocenters. The number of hydrogen-bond donors (Lipinski definition) is 2. The van der Waals surface area contributed by atoms with Crippen LogP contribution in [0.3, 0.4) is 0 Å². The third kappa shape index (κ3) is 4.29. The molecule has 3 aromatic heterocycles. The Hall–Kier alpha value is -3.79. The normalized spacial score (nSPS) is 14.3. The van der Waals surface area contributed by atoms with Gasteiger partial charge in [-0.05, 0) is 29.8 Å². The van der Waals surface area contributed by atoms with Crippen molar-refractivity contribution >= 4 is 0 Å². The molecule has 0 spiro atoms. The van der Waals surface area contributed by atoms with Crippen LogP contribution < -0.4 is 5.56 Å². The van der Waals surface area contributed by atoms with E-state index < -0.39 is 11.7 Å². The van der Waals surface area contributed by atoms with Crippen LogP contribution in [0, 0.1) is 0 Å². The first-order valence-corrected chi connectivity index (χ1v) is 10.3. The standard InChI is InChI=1S/C23H19F3N6O/c24-23(25,26)17-3-1-14(2-4-17)20-16(11-28-31-20)12-32-10-7-19-18(13-32)22(33)30-21(29-19)15-5-8-27-9-6-15/h1-6,8-9,11H,7,10,12-13H2,(H,28,31)(H,29,30,33). The summed E-state index contributed by atoms with van der Waals surface area (Å²) in [5.74, 6) is 0.522. The Morgan fingerprint density at radius 1 is 1.03 bits per heavy atom. The van der Waals surface area contributed by atoms with Crippen molar-refractivity contribution in [1.82, 2.24) is 30.0 Å². The largest absolute Gasteiger partial charge is 0.416 e. The van der Waals surface area contributed by atoms with Crippen LogP contribution in [-0.2, 0) is 25.7 Å². The molecule has 5 rings (SSSR count). The molecular formula is C23H19F3N6O. The van der Waals surface area contributed by atoms with E-state index in [1.54, 1.807) is 30.7 Å². The molecule has 0 atom stereocenters. The molecule has 0 radical (unpaired) electrons. The van der Waals surface area contributed by atoms with Gasteiger partial charge in [0.25, 0.3) is 5.56 Å². The molecule has 7 nitrogen and oxygen atoms in total. The first-order chi connectivity index (χ1) is 15.9. The van der Waals surface area contributed by atoms with E-state index in [-0.39, 0.29) is 5.56 Å². The molecule has 1 aromatic carbocycles. The molecule has 4 aromatic rings. The summed E-state index contributed by atoms with van der Waals surface area (Å²) < 4.78 is 38.6. The van der Waals surface area contributed by atoms with Gasteiger partial charge in [-0.25, -0.2) is 4.98 Å². The number of alkyl halides is 3. The van der Waals surface area contributed by atoms with Crippen molar-refractivity contribution in [3.8, 4) is 22.6 Å². The fourth-order valence-electron chi connectivity index (χ4n) is 4.01. The second-order valence-corrected chi connectivity index (χ2v) is 7.88. The van der Waals surface area contributed by atoms with Crippen LogP contribution in [0.2, 0.25) is 0 Å². The van der Waals surface area contributed by atoms with Gasteiger partial charge < -0.3 is 4.98 Å². The van der Waals surface area contributed by atoms with Gasteiger partial charge in [0.15, 0.2) is 0 Å². The third-order valence-electron chi connectivity index (χ3n) is 5.71. The lowest BCUT2D eigenvalue weighted by Gasteiger charge is -2.27. The molecule has 0 fully saturated rings. The molecule has 0 aliphatic carbocycles. The molecule has 33 heavy (non-hydrogen) atoms. The lowest BCUT2D eigenvalue weighted by atomic mass is 10.0. The van der Waals surface area contributed by atoms with Gasteiger partial charge in [-0.3, -0.25) is 19.8 Å². The Balaban J connectivity index is 1.35. The third-order valence-corrected chi connectivity index (χ3v) is 5.71. The summed E-state index contributed by atoms with van der Waals surface area (Å²) >= 11 is 0. The quantitative estimate of drug-likeness (QED) is 0.492. The van der Waals surface area contributed by atoms with Crippen molar-refractivity contribution < 1.29 is 13.2 Å². The first kappa shape index (κ1) is 21.1. The van der Waals surface area contributed by atoms with E-state index in [1.165, 1.54) is 12.1 Å². The minimum Gasteiger partial charge on any atom is -0.306 e. The Morgan fingerprint density at radius 3 is 2.52 bits per heavy atom. The number of rotatable bonds is 4. The molecule has 168 valence electrons. The maximum absolute atomic E-state index is 12.9. The molecule has 2 N–H and O–H groups in total. The highest BCUT2D eigenvalue weighted by atomic mass is 19.4. The smallest absolute Gasteiger partial charge is 0.306 e. The summed E-state index contributed by atoms with van der Waals surface area (Å²) in [5.41, 5.74) is 3.45. The number of aromatic nitrogens is 5. The molecule has 0 saturated heterocycles. The number of halogens is 3. The maximum Gasteiger partial charge on any atom is 0.416 e. The van der Waals surface area contributed by atoms with Crippen molar-refractivity contribution in [2.75, 3.05) is 6.54 Å². The van der Waals surface area contributed by atoms with Gasteiger partial charge in [-0.1, -0.05) is 12.1 Å². The SMILES string of the molecule is O=c1[nH]c(-c2ccncc2)nc2c1CN(Cc1cn[nH]c1-c1ccc(C(F)(F)F)cc1)CC2. The first-order valence-electron chi connectivity index (χ1n) is 10.3. The highest BCUT2D eigenvalue weighted by molar-refractivity contribution is 5.63. The Labute approximate surface area is 186 Å². The molecule has 0 amide bonds. The van der Waals surface area contributed by atoms with Gasteiger partial charge in [0.05, 0.1) is 28.7 Å². The molecular weight excluding hydrogens is 433 g/mol. The molecule has 10 heteroatoms. The lowest BCUT2D eigenvalue weighted by Crippen LogP contribution is -2.35. The van der Waals surface area contributed by atoms with Crippen LogP contribution >= 0.6 is 0 Å². The van der Waals surface area contributed by atoms with E-state index in [2.05, 4.69) is 30.0 Å². The predicted molar refractivity (Wildman–Crippen MR) is 115 cm³/mol. The summed E-state index contributed by atoms with van der Waals surface area (Å²) in [4.78, 5) is 26.3. The summed E-state index contributed by atoms with van der Waals surface area (Å²) in [6.45, 7) is 1.61. The average molecular weight is 452 g/mol. The van der Waals surface area contributed by atoms with Crippen molar-refractivity contribution in [2.24, 2.45) is 0 Å². The van der Waals surface area contributed by atoms with Crippen molar-refractivity contribution in [3.05, 3.63) is 87.7 Å². The van der Waals surface area contributed by atoms with Crippen molar-refractivity contribution in [1.29, 1.82) is 0 Å². The molecule has 1 aliphatic rings. The average Bonchev–Trinajstić information content (AvgIpc) is 3.27. The maximum atomic E-state index is 12.9. The van der Waals surface area contributed by atoms with Gasteiger partial charge in [0.1, 0.15) is 5.82 Å². The van der Waals surface area contributed by atoms with E-state index in [0.29, 0.717) is 48.7 Å². The van der Waals surface area contributed by atoms with Crippen LogP contribution in [0.15, 0.2) is 59.8 Å².